The van der Waals surface area contributed by atoms with Gasteiger partial charge in [0.1, 0.15) is 0 Å². The lowest BCUT2D eigenvalue weighted by molar-refractivity contribution is 1.19. The van der Waals surface area contributed by atoms with Crippen LogP contribution in [-0.4, -0.2) is 0 Å². The second-order valence-corrected chi connectivity index (χ2v) is 5.88. The Labute approximate surface area is 129 Å². The van der Waals surface area contributed by atoms with Crippen molar-refractivity contribution in [2.75, 3.05) is 5.32 Å². The molecule has 0 atom stereocenters. The molecule has 0 bridgehead atoms. The number of terminal acetylenes is 1. The normalized spacial score (nSPS) is 10.0. The summed E-state index contributed by atoms with van der Waals surface area (Å²) in [6.07, 6.45) is 5.42. The van der Waals surface area contributed by atoms with Crippen LogP contribution in [-0.2, 0) is 6.54 Å². The van der Waals surface area contributed by atoms with E-state index in [2.05, 4.69) is 47.6 Å². The predicted molar refractivity (Wildman–Crippen MR) is 91.5 cm³/mol. The molecule has 0 fully saturated rings. The maximum Gasteiger partial charge on any atom is 0.0494 e. The molecule has 3 rings (SSSR count). The summed E-state index contributed by atoms with van der Waals surface area (Å²) in [4.78, 5) is 2.60. The van der Waals surface area contributed by atoms with Crippen molar-refractivity contribution in [2.45, 2.75) is 6.54 Å². The number of nitrogens with one attached hydrogen (secondary N) is 1. The Morgan fingerprint density at radius 1 is 0.952 bits per heavy atom. The van der Waals surface area contributed by atoms with Gasteiger partial charge in [-0.2, -0.15) is 0 Å². The van der Waals surface area contributed by atoms with E-state index in [1.54, 1.807) is 0 Å². The Morgan fingerprint density at radius 3 is 2.62 bits per heavy atom. The van der Waals surface area contributed by atoms with Gasteiger partial charge in [-0.05, 0) is 35.9 Å². The second kappa shape index (κ2) is 6.30. The molecule has 0 aliphatic rings. The van der Waals surface area contributed by atoms with Crippen LogP contribution in [0.4, 0.5) is 5.69 Å². The zero-order valence-electron chi connectivity index (χ0n) is 11.5. The smallest absolute Gasteiger partial charge is 0.0494 e. The van der Waals surface area contributed by atoms with Crippen LogP contribution in [0.15, 0.2) is 66.7 Å². The van der Waals surface area contributed by atoms with Gasteiger partial charge in [-0.3, -0.25) is 0 Å². The van der Waals surface area contributed by atoms with E-state index in [1.165, 1.54) is 15.3 Å². The number of anilines is 1. The van der Waals surface area contributed by atoms with Gasteiger partial charge < -0.3 is 5.32 Å². The van der Waals surface area contributed by atoms with Crippen LogP contribution in [0, 0.1) is 12.3 Å². The molecule has 102 valence electrons. The van der Waals surface area contributed by atoms with Crippen LogP contribution in [0.3, 0.4) is 0 Å². The molecule has 0 aliphatic heterocycles. The third-order valence-electron chi connectivity index (χ3n) is 3.22. The summed E-state index contributed by atoms with van der Waals surface area (Å²) in [6.45, 7) is 0.811. The minimum Gasteiger partial charge on any atom is -0.380 e. The molecule has 2 aromatic carbocycles. The number of hydrogen-bond donors (Lipinski definition) is 1. The molecule has 1 N–H and O–H groups in total. The van der Waals surface area contributed by atoms with Gasteiger partial charge in [0.25, 0.3) is 0 Å². The number of thiophene rings is 1. The molecular formula is C19H15NS. The highest BCUT2D eigenvalue weighted by Gasteiger charge is 2.02. The molecule has 1 nitrogen and oxygen atoms in total. The summed E-state index contributed by atoms with van der Waals surface area (Å²) in [7, 11) is 0. The first kappa shape index (κ1) is 13.5. The van der Waals surface area contributed by atoms with E-state index in [-0.39, 0.29) is 0 Å². The molecular weight excluding hydrogens is 274 g/mol. The summed E-state index contributed by atoms with van der Waals surface area (Å²) >= 11 is 1.81. The van der Waals surface area contributed by atoms with Crippen LogP contribution < -0.4 is 5.32 Å². The molecule has 0 unspecified atom stereocenters. The molecule has 0 spiro atoms. The minimum atomic E-state index is 0.811. The zero-order chi connectivity index (χ0) is 14.5. The average molecular weight is 289 g/mol. The van der Waals surface area contributed by atoms with Gasteiger partial charge in [0.15, 0.2) is 0 Å². The van der Waals surface area contributed by atoms with E-state index in [4.69, 9.17) is 6.42 Å². The summed E-state index contributed by atoms with van der Waals surface area (Å²) < 4.78 is 0. The van der Waals surface area contributed by atoms with Gasteiger partial charge in [-0.1, -0.05) is 42.3 Å². The van der Waals surface area contributed by atoms with Crippen molar-refractivity contribution >= 4 is 17.0 Å². The van der Waals surface area contributed by atoms with Crippen LogP contribution in [0.25, 0.3) is 10.4 Å². The molecule has 21 heavy (non-hydrogen) atoms. The molecule has 1 heterocycles. The van der Waals surface area contributed by atoms with Crippen molar-refractivity contribution in [1.82, 2.24) is 0 Å². The summed E-state index contributed by atoms with van der Waals surface area (Å²) in [5, 5.41) is 3.42. The van der Waals surface area contributed by atoms with Crippen molar-refractivity contribution in [1.29, 1.82) is 0 Å². The Bertz CT molecular complexity index is 766. The third kappa shape index (κ3) is 3.34. The lowest BCUT2D eigenvalue weighted by Gasteiger charge is -2.05. The van der Waals surface area contributed by atoms with Gasteiger partial charge in [-0.25, -0.2) is 0 Å². The second-order valence-electron chi connectivity index (χ2n) is 4.71. The van der Waals surface area contributed by atoms with Gasteiger partial charge in [0.05, 0.1) is 0 Å². The van der Waals surface area contributed by atoms with E-state index in [0.29, 0.717) is 0 Å². The van der Waals surface area contributed by atoms with E-state index in [1.807, 2.05) is 41.7 Å². The zero-order valence-corrected chi connectivity index (χ0v) is 12.4. The SMILES string of the molecule is C#Cc1cccc(NCc2ccc(-c3ccccc3)s2)c1. The fourth-order valence-electron chi connectivity index (χ4n) is 2.14. The quantitative estimate of drug-likeness (QED) is 0.666. The van der Waals surface area contributed by atoms with Crippen LogP contribution >= 0.6 is 11.3 Å². The maximum atomic E-state index is 5.42. The van der Waals surface area contributed by atoms with E-state index >= 15 is 0 Å². The largest absolute Gasteiger partial charge is 0.380 e. The Kier molecular flexibility index (Phi) is 4.04. The van der Waals surface area contributed by atoms with Crippen molar-refractivity contribution in [2.24, 2.45) is 0 Å². The Morgan fingerprint density at radius 2 is 1.81 bits per heavy atom. The van der Waals surface area contributed by atoms with Crippen molar-refractivity contribution in [3.63, 3.8) is 0 Å². The lowest BCUT2D eigenvalue weighted by atomic mass is 10.2. The molecule has 3 aromatic rings. The van der Waals surface area contributed by atoms with Crippen molar-refractivity contribution < 1.29 is 0 Å². The van der Waals surface area contributed by atoms with Crippen molar-refractivity contribution in [3.05, 3.63) is 77.2 Å². The highest BCUT2D eigenvalue weighted by atomic mass is 32.1. The number of benzene rings is 2. The van der Waals surface area contributed by atoms with E-state index < -0.39 is 0 Å². The van der Waals surface area contributed by atoms with Gasteiger partial charge in [0.2, 0.25) is 0 Å². The van der Waals surface area contributed by atoms with Crippen LogP contribution in [0.5, 0.6) is 0 Å². The number of rotatable bonds is 4. The van der Waals surface area contributed by atoms with Crippen LogP contribution in [0.2, 0.25) is 0 Å². The highest BCUT2D eigenvalue weighted by molar-refractivity contribution is 7.15. The first-order valence-electron chi connectivity index (χ1n) is 6.80. The van der Waals surface area contributed by atoms with Crippen molar-refractivity contribution in [3.8, 4) is 22.8 Å². The van der Waals surface area contributed by atoms with Gasteiger partial charge >= 0.3 is 0 Å². The summed E-state index contributed by atoms with van der Waals surface area (Å²) in [5.41, 5.74) is 3.22. The van der Waals surface area contributed by atoms with Crippen LogP contribution in [0.1, 0.15) is 10.4 Å². The standard InChI is InChI=1S/C19H15NS/c1-2-15-7-6-10-17(13-15)20-14-18-11-12-19(21-18)16-8-4-3-5-9-16/h1,3-13,20H,14H2. The molecule has 2 heteroatoms. The van der Waals surface area contributed by atoms with E-state index in [9.17, 15) is 0 Å². The first-order valence-corrected chi connectivity index (χ1v) is 7.61. The van der Waals surface area contributed by atoms with Gasteiger partial charge in [-0.15, -0.1) is 17.8 Å². The summed E-state index contributed by atoms with van der Waals surface area (Å²) in [6, 6.07) is 22.7. The number of hydrogen-bond acceptors (Lipinski definition) is 2. The minimum absolute atomic E-state index is 0.811. The third-order valence-corrected chi connectivity index (χ3v) is 4.35. The average Bonchev–Trinajstić information content (AvgIpc) is 3.03. The Balaban J connectivity index is 1.69. The highest BCUT2D eigenvalue weighted by Crippen LogP contribution is 2.28. The molecule has 0 saturated carbocycles. The molecule has 1 aromatic heterocycles. The molecule has 0 aliphatic carbocycles. The summed E-state index contributed by atoms with van der Waals surface area (Å²) in [5.74, 6) is 2.65. The van der Waals surface area contributed by atoms with E-state index in [0.717, 1.165) is 17.8 Å². The van der Waals surface area contributed by atoms with Gasteiger partial charge in [0, 0.05) is 27.5 Å². The fourth-order valence-corrected chi connectivity index (χ4v) is 3.09. The molecule has 0 radical (unpaired) electrons. The molecule has 0 amide bonds. The maximum absolute atomic E-state index is 5.42. The first-order chi connectivity index (χ1) is 10.3. The monoisotopic (exact) mass is 289 g/mol. The topological polar surface area (TPSA) is 12.0 Å². The predicted octanol–water partition coefficient (Wildman–Crippen LogP) is 5.01. The Hall–Kier alpha value is -2.50. The lowest BCUT2D eigenvalue weighted by Crippen LogP contribution is -1.97. The fraction of sp³-hybridized carbons (Fsp3) is 0.0526. The molecule has 0 saturated heterocycles.